The molecule has 0 aliphatic carbocycles. The predicted octanol–water partition coefficient (Wildman–Crippen LogP) is 0.845. The van der Waals surface area contributed by atoms with Gasteiger partial charge in [0.1, 0.15) is 11.6 Å². The zero-order valence-electron chi connectivity index (χ0n) is 13.9. The van der Waals surface area contributed by atoms with Gasteiger partial charge < -0.3 is 15.7 Å². The molecule has 1 saturated heterocycles. The Labute approximate surface area is 141 Å². The number of nitrogens with one attached hydrogen (secondary N) is 2. The minimum Gasteiger partial charge on any atom is -0.387 e. The van der Waals surface area contributed by atoms with Crippen LogP contribution in [0.25, 0.3) is 0 Å². The number of rotatable bonds is 4. The predicted molar refractivity (Wildman–Crippen MR) is 92.7 cm³/mol. The SMILES string of the molecule is CCNC(=NCC1(O)CCSC1)NC1CCCn2nc(C)nc21. The second kappa shape index (κ2) is 7.09. The molecule has 2 aliphatic heterocycles. The molecular formula is C15H26N6OS. The number of aliphatic imine (C=N–C) groups is 1. The van der Waals surface area contributed by atoms with E-state index in [4.69, 9.17) is 0 Å². The van der Waals surface area contributed by atoms with Crippen molar-refractivity contribution in [2.45, 2.75) is 51.3 Å². The van der Waals surface area contributed by atoms with Crippen LogP contribution in [0.5, 0.6) is 0 Å². The van der Waals surface area contributed by atoms with Gasteiger partial charge >= 0.3 is 0 Å². The van der Waals surface area contributed by atoms with Crippen molar-refractivity contribution in [3.8, 4) is 0 Å². The summed E-state index contributed by atoms with van der Waals surface area (Å²) in [6, 6.07) is 0.121. The molecule has 0 saturated carbocycles. The Morgan fingerprint density at radius 1 is 1.57 bits per heavy atom. The zero-order valence-corrected chi connectivity index (χ0v) is 14.7. The van der Waals surface area contributed by atoms with Crippen molar-refractivity contribution in [2.75, 3.05) is 24.6 Å². The molecule has 0 bridgehead atoms. The number of fused-ring (bicyclic) bond motifs is 1. The fourth-order valence-electron chi connectivity index (χ4n) is 3.04. The molecule has 3 heterocycles. The lowest BCUT2D eigenvalue weighted by atomic mass is 10.0. The van der Waals surface area contributed by atoms with Gasteiger partial charge in [-0.1, -0.05) is 0 Å². The average Bonchev–Trinajstić information content (AvgIpc) is 3.11. The minimum atomic E-state index is -0.657. The number of nitrogens with zero attached hydrogens (tertiary/aromatic N) is 4. The van der Waals surface area contributed by atoms with E-state index in [2.05, 4.69) is 25.7 Å². The van der Waals surface area contributed by atoms with E-state index in [9.17, 15) is 5.11 Å². The standard InChI is InChI=1S/C15H26N6OS/c1-3-16-14(17-9-15(22)6-8-23-10-15)19-12-5-4-7-21-13(12)18-11(2)20-21/h12,22H,3-10H2,1-2H3,(H2,16,17,19). The van der Waals surface area contributed by atoms with Gasteiger partial charge in [0.15, 0.2) is 5.96 Å². The van der Waals surface area contributed by atoms with Gasteiger partial charge in [0, 0.05) is 18.8 Å². The summed E-state index contributed by atoms with van der Waals surface area (Å²) in [4.78, 5) is 9.17. The maximum Gasteiger partial charge on any atom is 0.191 e. The second-order valence-corrected chi connectivity index (χ2v) is 7.41. The van der Waals surface area contributed by atoms with E-state index in [1.54, 1.807) is 11.8 Å². The lowest BCUT2D eigenvalue weighted by molar-refractivity contribution is 0.0778. The highest BCUT2D eigenvalue weighted by atomic mass is 32.2. The molecule has 3 N–H and O–H groups in total. The first-order valence-electron chi connectivity index (χ1n) is 8.36. The molecule has 2 atom stereocenters. The van der Waals surface area contributed by atoms with Crippen LogP contribution in [0.4, 0.5) is 0 Å². The number of aryl methyl sites for hydroxylation is 2. The zero-order chi connectivity index (χ0) is 16.3. The Balaban J connectivity index is 1.70. The maximum atomic E-state index is 10.5. The summed E-state index contributed by atoms with van der Waals surface area (Å²) >= 11 is 1.79. The van der Waals surface area contributed by atoms with E-state index >= 15 is 0 Å². The van der Waals surface area contributed by atoms with Crippen LogP contribution in [0, 0.1) is 6.92 Å². The van der Waals surface area contributed by atoms with Gasteiger partial charge in [-0.05, 0) is 38.9 Å². The number of thioether (sulfide) groups is 1. The van der Waals surface area contributed by atoms with Crippen molar-refractivity contribution in [3.05, 3.63) is 11.6 Å². The van der Waals surface area contributed by atoms with Crippen LogP contribution >= 0.6 is 11.8 Å². The van der Waals surface area contributed by atoms with Crippen LogP contribution < -0.4 is 10.6 Å². The van der Waals surface area contributed by atoms with Crippen molar-refractivity contribution in [1.29, 1.82) is 0 Å². The van der Waals surface area contributed by atoms with Crippen molar-refractivity contribution < 1.29 is 5.11 Å². The highest BCUT2D eigenvalue weighted by molar-refractivity contribution is 7.99. The smallest absolute Gasteiger partial charge is 0.191 e. The first-order chi connectivity index (χ1) is 11.1. The summed E-state index contributed by atoms with van der Waals surface area (Å²) in [6.07, 6.45) is 2.91. The molecule has 7 nitrogen and oxygen atoms in total. The third-order valence-corrected chi connectivity index (χ3v) is 5.48. The van der Waals surface area contributed by atoms with Gasteiger partial charge in [0.25, 0.3) is 0 Å². The van der Waals surface area contributed by atoms with Crippen LogP contribution in [0.1, 0.15) is 43.9 Å². The van der Waals surface area contributed by atoms with Crippen molar-refractivity contribution in [1.82, 2.24) is 25.4 Å². The summed E-state index contributed by atoms with van der Waals surface area (Å²) in [5, 5.41) is 21.6. The van der Waals surface area contributed by atoms with Gasteiger partial charge in [-0.3, -0.25) is 4.99 Å². The third-order valence-electron chi connectivity index (χ3n) is 4.25. The molecule has 8 heteroatoms. The third kappa shape index (κ3) is 3.98. The Hall–Kier alpha value is -1.28. The van der Waals surface area contributed by atoms with E-state index in [1.165, 1.54) is 0 Å². The molecular weight excluding hydrogens is 312 g/mol. The minimum absolute atomic E-state index is 0.121. The largest absolute Gasteiger partial charge is 0.387 e. The molecule has 0 radical (unpaired) electrons. The highest BCUT2D eigenvalue weighted by Crippen LogP contribution is 2.28. The van der Waals surface area contributed by atoms with E-state index < -0.39 is 5.60 Å². The molecule has 128 valence electrons. The number of aromatic nitrogens is 3. The van der Waals surface area contributed by atoms with Crippen LogP contribution in [0.3, 0.4) is 0 Å². The van der Waals surface area contributed by atoms with Crippen LogP contribution in [0.2, 0.25) is 0 Å². The molecule has 23 heavy (non-hydrogen) atoms. The van der Waals surface area contributed by atoms with E-state index in [0.29, 0.717) is 6.54 Å². The molecule has 0 amide bonds. The lowest BCUT2D eigenvalue weighted by Gasteiger charge is -2.26. The fourth-order valence-corrected chi connectivity index (χ4v) is 4.32. The average molecular weight is 338 g/mol. The molecule has 3 rings (SSSR count). The Morgan fingerprint density at radius 2 is 2.43 bits per heavy atom. The normalized spacial score (nSPS) is 27.8. The van der Waals surface area contributed by atoms with Crippen LogP contribution in [0.15, 0.2) is 4.99 Å². The number of hydrogen-bond acceptors (Lipinski definition) is 5. The summed E-state index contributed by atoms with van der Waals surface area (Å²) in [5.41, 5.74) is -0.657. The Bertz CT molecular complexity index is 566. The molecule has 2 unspecified atom stereocenters. The first-order valence-corrected chi connectivity index (χ1v) is 9.51. The monoisotopic (exact) mass is 338 g/mol. The molecule has 0 aromatic carbocycles. The van der Waals surface area contributed by atoms with Gasteiger partial charge in [0.2, 0.25) is 0 Å². The molecule has 0 spiro atoms. The van der Waals surface area contributed by atoms with Crippen LogP contribution in [-0.2, 0) is 6.54 Å². The van der Waals surface area contributed by atoms with Gasteiger partial charge in [-0.2, -0.15) is 16.9 Å². The van der Waals surface area contributed by atoms with Gasteiger partial charge in [0.05, 0.1) is 18.2 Å². The van der Waals surface area contributed by atoms with E-state index in [1.807, 2.05) is 18.5 Å². The summed E-state index contributed by atoms with van der Waals surface area (Å²) in [7, 11) is 0. The molecule has 1 aromatic heterocycles. The lowest BCUT2D eigenvalue weighted by Crippen LogP contribution is -2.43. The van der Waals surface area contributed by atoms with Crippen molar-refractivity contribution in [3.63, 3.8) is 0 Å². The summed E-state index contributed by atoms with van der Waals surface area (Å²) < 4.78 is 1.99. The maximum absolute atomic E-state index is 10.5. The Kier molecular flexibility index (Phi) is 5.11. The van der Waals surface area contributed by atoms with Crippen molar-refractivity contribution >= 4 is 17.7 Å². The fraction of sp³-hybridized carbons (Fsp3) is 0.800. The second-order valence-electron chi connectivity index (χ2n) is 6.30. The van der Waals surface area contributed by atoms with Crippen LogP contribution in [-0.4, -0.2) is 56.0 Å². The molecule has 1 aromatic rings. The highest BCUT2D eigenvalue weighted by Gasteiger charge is 2.32. The molecule has 1 fully saturated rings. The van der Waals surface area contributed by atoms with E-state index in [-0.39, 0.29) is 6.04 Å². The Morgan fingerprint density at radius 3 is 3.17 bits per heavy atom. The quantitative estimate of drug-likeness (QED) is 0.557. The summed E-state index contributed by atoms with van der Waals surface area (Å²) in [5.74, 6) is 4.33. The molecule has 2 aliphatic rings. The topological polar surface area (TPSA) is 87.4 Å². The summed E-state index contributed by atoms with van der Waals surface area (Å²) in [6.45, 7) is 6.13. The van der Waals surface area contributed by atoms with E-state index in [0.717, 1.165) is 61.5 Å². The number of aliphatic hydroxyl groups is 1. The van der Waals surface area contributed by atoms with Crippen molar-refractivity contribution in [2.24, 2.45) is 4.99 Å². The van der Waals surface area contributed by atoms with Gasteiger partial charge in [-0.15, -0.1) is 0 Å². The first kappa shape index (κ1) is 16.6. The number of hydrogen-bond donors (Lipinski definition) is 3. The van der Waals surface area contributed by atoms with Gasteiger partial charge in [-0.25, -0.2) is 9.67 Å². The number of guanidine groups is 1.